The second-order valence-electron chi connectivity index (χ2n) is 6.94. The lowest BCUT2D eigenvalue weighted by Gasteiger charge is -2.19. The van der Waals surface area contributed by atoms with E-state index in [1.165, 1.54) is 19.3 Å². The Morgan fingerprint density at radius 1 is 0.864 bits per heavy atom. The Balaban J connectivity index is 3.36. The van der Waals surface area contributed by atoms with Crippen LogP contribution in [0, 0.1) is 0 Å². The SMILES string of the molecule is CCCCCCC(=O)CCCCCCNC(=O)OC(C)(C)C. The molecule has 0 bridgehead atoms. The Bertz CT molecular complexity index is 308. The van der Waals surface area contributed by atoms with Gasteiger partial charge in [0, 0.05) is 19.4 Å². The number of alkyl carbamates (subject to hydrolysis) is 1. The first-order valence-electron chi connectivity index (χ1n) is 8.83. The van der Waals surface area contributed by atoms with E-state index < -0.39 is 5.60 Å². The first kappa shape index (κ1) is 20.9. The average molecular weight is 313 g/mol. The molecule has 4 heteroatoms. The predicted molar refractivity (Wildman–Crippen MR) is 91.1 cm³/mol. The molecule has 0 heterocycles. The summed E-state index contributed by atoms with van der Waals surface area (Å²) in [6.45, 7) is 8.38. The fraction of sp³-hybridized carbons (Fsp3) is 0.889. The van der Waals surface area contributed by atoms with Crippen LogP contribution in [0.15, 0.2) is 0 Å². The van der Waals surface area contributed by atoms with Crippen LogP contribution in [0.25, 0.3) is 0 Å². The smallest absolute Gasteiger partial charge is 0.407 e. The first-order valence-corrected chi connectivity index (χ1v) is 8.83. The molecule has 0 aromatic rings. The highest BCUT2D eigenvalue weighted by molar-refractivity contribution is 5.78. The van der Waals surface area contributed by atoms with Gasteiger partial charge in [0.1, 0.15) is 11.4 Å². The summed E-state index contributed by atoms with van der Waals surface area (Å²) < 4.78 is 5.16. The third kappa shape index (κ3) is 15.3. The van der Waals surface area contributed by atoms with E-state index in [4.69, 9.17) is 4.74 Å². The van der Waals surface area contributed by atoms with E-state index in [9.17, 15) is 9.59 Å². The van der Waals surface area contributed by atoms with Gasteiger partial charge in [-0.1, -0.05) is 39.0 Å². The zero-order valence-electron chi connectivity index (χ0n) is 15.0. The number of amides is 1. The second-order valence-corrected chi connectivity index (χ2v) is 6.94. The minimum absolute atomic E-state index is 0.352. The van der Waals surface area contributed by atoms with E-state index in [1.54, 1.807) is 0 Å². The molecule has 1 N–H and O–H groups in total. The van der Waals surface area contributed by atoms with Crippen molar-refractivity contribution in [1.29, 1.82) is 0 Å². The number of rotatable bonds is 12. The lowest BCUT2D eigenvalue weighted by atomic mass is 10.0. The van der Waals surface area contributed by atoms with Crippen molar-refractivity contribution in [1.82, 2.24) is 5.32 Å². The summed E-state index contributed by atoms with van der Waals surface area (Å²) in [4.78, 5) is 23.0. The van der Waals surface area contributed by atoms with Crippen molar-refractivity contribution < 1.29 is 14.3 Å². The molecule has 0 rings (SSSR count). The Hall–Kier alpha value is -1.06. The number of carbonyl (C=O) groups excluding carboxylic acids is 2. The molecule has 130 valence electrons. The van der Waals surface area contributed by atoms with Gasteiger partial charge in [0.25, 0.3) is 0 Å². The normalized spacial score (nSPS) is 11.3. The van der Waals surface area contributed by atoms with Crippen LogP contribution in [0.4, 0.5) is 4.79 Å². The summed E-state index contributed by atoms with van der Waals surface area (Å²) in [5.41, 5.74) is -0.443. The van der Waals surface area contributed by atoms with Gasteiger partial charge in [-0.25, -0.2) is 4.79 Å². The minimum atomic E-state index is -0.443. The maximum atomic E-state index is 11.6. The number of carbonyl (C=O) groups is 2. The van der Waals surface area contributed by atoms with E-state index >= 15 is 0 Å². The lowest BCUT2D eigenvalue weighted by Crippen LogP contribution is -2.32. The van der Waals surface area contributed by atoms with Crippen molar-refractivity contribution in [2.45, 2.75) is 97.5 Å². The molecule has 0 saturated heterocycles. The lowest BCUT2D eigenvalue weighted by molar-refractivity contribution is -0.119. The molecular weight excluding hydrogens is 278 g/mol. The van der Waals surface area contributed by atoms with E-state index in [0.717, 1.165) is 38.5 Å². The van der Waals surface area contributed by atoms with Gasteiger partial charge in [0.2, 0.25) is 0 Å². The van der Waals surface area contributed by atoms with Crippen molar-refractivity contribution in [2.75, 3.05) is 6.54 Å². The molecule has 0 aliphatic carbocycles. The van der Waals surface area contributed by atoms with Gasteiger partial charge in [0.15, 0.2) is 0 Å². The summed E-state index contributed by atoms with van der Waals surface area (Å²) in [6.07, 6.45) is 9.79. The Labute approximate surface area is 136 Å². The zero-order valence-corrected chi connectivity index (χ0v) is 15.0. The van der Waals surface area contributed by atoms with Crippen molar-refractivity contribution in [3.8, 4) is 0 Å². The third-order valence-electron chi connectivity index (χ3n) is 3.36. The van der Waals surface area contributed by atoms with E-state index in [2.05, 4.69) is 12.2 Å². The van der Waals surface area contributed by atoms with Gasteiger partial charge >= 0.3 is 6.09 Å². The largest absolute Gasteiger partial charge is 0.444 e. The van der Waals surface area contributed by atoms with Gasteiger partial charge < -0.3 is 10.1 Å². The fourth-order valence-corrected chi connectivity index (χ4v) is 2.18. The number of nitrogens with one attached hydrogen (secondary N) is 1. The van der Waals surface area contributed by atoms with Crippen LogP contribution in [0.3, 0.4) is 0 Å². The van der Waals surface area contributed by atoms with E-state index in [1.807, 2.05) is 20.8 Å². The number of Topliss-reactive ketones (excluding diaryl/α,β-unsaturated/α-hetero) is 1. The van der Waals surface area contributed by atoms with E-state index in [0.29, 0.717) is 18.7 Å². The Morgan fingerprint density at radius 2 is 1.41 bits per heavy atom. The van der Waals surface area contributed by atoms with Crippen molar-refractivity contribution in [3.05, 3.63) is 0 Å². The molecule has 0 unspecified atom stereocenters. The minimum Gasteiger partial charge on any atom is -0.444 e. The van der Waals surface area contributed by atoms with Gasteiger partial charge in [-0.2, -0.15) is 0 Å². The number of hydrogen-bond acceptors (Lipinski definition) is 3. The van der Waals surface area contributed by atoms with Crippen LogP contribution in [0.5, 0.6) is 0 Å². The van der Waals surface area contributed by atoms with Gasteiger partial charge in [-0.3, -0.25) is 4.79 Å². The number of ether oxygens (including phenoxy) is 1. The van der Waals surface area contributed by atoms with Crippen molar-refractivity contribution >= 4 is 11.9 Å². The molecule has 0 atom stereocenters. The molecule has 0 aliphatic rings. The molecule has 4 nitrogen and oxygen atoms in total. The van der Waals surface area contributed by atoms with Crippen LogP contribution >= 0.6 is 0 Å². The van der Waals surface area contributed by atoms with Crippen LogP contribution < -0.4 is 5.32 Å². The zero-order chi connectivity index (χ0) is 16.8. The predicted octanol–water partition coefficient (Wildman–Crippen LogP) is 5.00. The fourth-order valence-electron chi connectivity index (χ4n) is 2.18. The van der Waals surface area contributed by atoms with Crippen LogP contribution in [0.2, 0.25) is 0 Å². The summed E-state index contributed by atoms with van der Waals surface area (Å²) in [5.74, 6) is 0.406. The summed E-state index contributed by atoms with van der Waals surface area (Å²) >= 11 is 0. The van der Waals surface area contributed by atoms with Gasteiger partial charge in [-0.05, 0) is 40.0 Å². The summed E-state index contributed by atoms with van der Waals surface area (Å²) in [7, 11) is 0. The van der Waals surface area contributed by atoms with E-state index in [-0.39, 0.29) is 6.09 Å². The number of ketones is 1. The van der Waals surface area contributed by atoms with Crippen LogP contribution in [-0.2, 0) is 9.53 Å². The Kier molecular flexibility index (Phi) is 11.9. The molecule has 1 amide bonds. The Morgan fingerprint density at radius 3 is 1.95 bits per heavy atom. The standard InChI is InChI=1S/C18H35NO3/c1-5-6-7-10-13-16(20)14-11-8-9-12-15-19-17(21)22-18(2,3)4/h5-15H2,1-4H3,(H,19,21). The molecule has 0 aliphatic heterocycles. The molecule has 0 aromatic carbocycles. The average Bonchev–Trinajstić information content (AvgIpc) is 2.40. The second kappa shape index (κ2) is 12.5. The molecule has 0 radical (unpaired) electrons. The highest BCUT2D eigenvalue weighted by Gasteiger charge is 2.15. The molecule has 22 heavy (non-hydrogen) atoms. The maximum absolute atomic E-state index is 11.6. The van der Waals surface area contributed by atoms with Gasteiger partial charge in [0.05, 0.1) is 0 Å². The van der Waals surface area contributed by atoms with Crippen molar-refractivity contribution in [2.24, 2.45) is 0 Å². The number of hydrogen-bond donors (Lipinski definition) is 1. The molecular formula is C18H35NO3. The van der Waals surface area contributed by atoms with Crippen LogP contribution in [0.1, 0.15) is 91.9 Å². The summed E-state index contributed by atoms with van der Waals surface area (Å²) in [5, 5.41) is 2.75. The maximum Gasteiger partial charge on any atom is 0.407 e. The number of unbranched alkanes of at least 4 members (excludes halogenated alkanes) is 6. The monoisotopic (exact) mass is 313 g/mol. The summed E-state index contributed by atoms with van der Waals surface area (Å²) in [6, 6.07) is 0. The van der Waals surface area contributed by atoms with Crippen LogP contribution in [-0.4, -0.2) is 24.0 Å². The first-order chi connectivity index (χ1) is 10.3. The third-order valence-corrected chi connectivity index (χ3v) is 3.36. The van der Waals surface area contributed by atoms with Gasteiger partial charge in [-0.15, -0.1) is 0 Å². The molecule has 0 aromatic heterocycles. The highest BCUT2D eigenvalue weighted by Crippen LogP contribution is 2.09. The molecule has 0 spiro atoms. The molecule has 0 fully saturated rings. The topological polar surface area (TPSA) is 55.4 Å². The quantitative estimate of drug-likeness (QED) is 0.516. The highest BCUT2D eigenvalue weighted by atomic mass is 16.6. The van der Waals surface area contributed by atoms with Crippen molar-refractivity contribution in [3.63, 3.8) is 0 Å². The molecule has 0 saturated carbocycles.